The van der Waals surface area contributed by atoms with E-state index in [4.69, 9.17) is 5.11 Å². The summed E-state index contributed by atoms with van der Waals surface area (Å²) in [4.78, 5) is 4.53. The quantitative estimate of drug-likeness (QED) is 0.763. The van der Waals surface area contributed by atoms with Gasteiger partial charge in [0.15, 0.2) is 0 Å². The molecule has 0 saturated heterocycles. The van der Waals surface area contributed by atoms with E-state index in [1.807, 2.05) is 36.9 Å². The highest BCUT2D eigenvalue weighted by molar-refractivity contribution is 7.99. The van der Waals surface area contributed by atoms with E-state index in [-0.39, 0.29) is 6.61 Å². The lowest BCUT2D eigenvalue weighted by atomic mass is 10.1. The van der Waals surface area contributed by atoms with E-state index in [1.165, 1.54) is 5.39 Å². The first-order valence-corrected chi connectivity index (χ1v) is 7.75. The Hall–Kier alpha value is -1.26. The van der Waals surface area contributed by atoms with Crippen LogP contribution < -0.4 is 5.32 Å². The molecule has 2 aromatic rings. The number of nitrogens with one attached hydrogen (secondary N) is 1. The van der Waals surface area contributed by atoms with Gasteiger partial charge in [-0.15, -0.1) is 0 Å². The zero-order valence-electron chi connectivity index (χ0n) is 11.2. The van der Waals surface area contributed by atoms with E-state index in [0.29, 0.717) is 0 Å². The number of anilines is 1. The van der Waals surface area contributed by atoms with Gasteiger partial charge in [-0.2, -0.15) is 11.8 Å². The van der Waals surface area contributed by atoms with Crippen molar-refractivity contribution in [2.45, 2.75) is 13.3 Å². The Labute approximate surface area is 118 Å². The van der Waals surface area contributed by atoms with Crippen LogP contribution in [0.4, 0.5) is 5.69 Å². The number of hydrogen-bond donors (Lipinski definition) is 2. The first kappa shape index (κ1) is 14.2. The number of aromatic nitrogens is 1. The third-order valence-corrected chi connectivity index (χ3v) is 3.92. The van der Waals surface area contributed by atoms with E-state index in [0.717, 1.165) is 41.4 Å². The molecule has 1 aromatic heterocycles. The van der Waals surface area contributed by atoms with Crippen molar-refractivity contribution in [3.63, 3.8) is 0 Å². The highest BCUT2D eigenvalue weighted by Crippen LogP contribution is 2.22. The molecule has 2 rings (SSSR count). The molecule has 0 atom stereocenters. The summed E-state index contributed by atoms with van der Waals surface area (Å²) in [7, 11) is 0. The summed E-state index contributed by atoms with van der Waals surface area (Å²) < 4.78 is 0. The van der Waals surface area contributed by atoms with Crippen molar-refractivity contribution >= 4 is 28.4 Å². The van der Waals surface area contributed by atoms with Crippen molar-refractivity contribution in [2.24, 2.45) is 0 Å². The molecule has 0 radical (unpaired) electrons. The molecule has 4 heteroatoms. The minimum atomic E-state index is 0.286. The fourth-order valence-electron chi connectivity index (χ4n) is 1.98. The van der Waals surface area contributed by atoms with Gasteiger partial charge in [0.2, 0.25) is 0 Å². The van der Waals surface area contributed by atoms with Gasteiger partial charge >= 0.3 is 0 Å². The molecule has 0 aliphatic heterocycles. The average molecular weight is 276 g/mol. The maximum Gasteiger partial charge on any atom is 0.0725 e. The van der Waals surface area contributed by atoms with Gasteiger partial charge in [-0.1, -0.05) is 18.2 Å². The number of aliphatic hydroxyl groups excluding tert-OH is 1. The summed E-state index contributed by atoms with van der Waals surface area (Å²) in [6.45, 7) is 3.24. The second-order valence-electron chi connectivity index (χ2n) is 4.44. The molecule has 0 amide bonds. The summed E-state index contributed by atoms with van der Waals surface area (Å²) in [5.41, 5.74) is 3.23. The summed E-state index contributed by atoms with van der Waals surface area (Å²) in [6.07, 6.45) is 0.877. The van der Waals surface area contributed by atoms with Crippen LogP contribution in [0.1, 0.15) is 12.1 Å². The van der Waals surface area contributed by atoms with Crippen molar-refractivity contribution in [2.75, 3.05) is 30.0 Å². The van der Waals surface area contributed by atoms with E-state index >= 15 is 0 Å². The molecule has 0 spiro atoms. The van der Waals surface area contributed by atoms with Crippen molar-refractivity contribution in [3.05, 3.63) is 36.0 Å². The van der Waals surface area contributed by atoms with Gasteiger partial charge in [-0.05, 0) is 31.2 Å². The minimum absolute atomic E-state index is 0.286. The average Bonchev–Trinajstić information content (AvgIpc) is 2.42. The van der Waals surface area contributed by atoms with Crippen LogP contribution in [0, 0.1) is 6.92 Å². The molecule has 0 unspecified atom stereocenters. The molecule has 0 aliphatic rings. The smallest absolute Gasteiger partial charge is 0.0725 e. The topological polar surface area (TPSA) is 45.1 Å². The fourth-order valence-corrected chi connectivity index (χ4v) is 2.76. The van der Waals surface area contributed by atoms with Crippen LogP contribution in [0.5, 0.6) is 0 Å². The Morgan fingerprint density at radius 3 is 2.95 bits per heavy atom. The molecular formula is C15H20N2OS. The minimum Gasteiger partial charge on any atom is -0.396 e. The van der Waals surface area contributed by atoms with Crippen LogP contribution in [0.25, 0.3) is 10.9 Å². The van der Waals surface area contributed by atoms with E-state index in [9.17, 15) is 0 Å². The standard InChI is InChI=1S/C15H20N2OS/c1-12-11-15(16-7-10-19-9-4-8-18)13-5-2-3-6-14(13)17-12/h2-3,5-6,11,18H,4,7-10H2,1H3,(H,16,17). The van der Waals surface area contributed by atoms with Crippen LogP contribution in [0.15, 0.2) is 30.3 Å². The molecule has 19 heavy (non-hydrogen) atoms. The number of hydrogen-bond acceptors (Lipinski definition) is 4. The molecule has 0 aliphatic carbocycles. The van der Waals surface area contributed by atoms with Gasteiger partial charge in [0, 0.05) is 35.7 Å². The summed E-state index contributed by atoms with van der Waals surface area (Å²) in [6, 6.07) is 10.3. The second-order valence-corrected chi connectivity index (χ2v) is 5.67. The maximum absolute atomic E-state index is 8.71. The molecule has 0 fully saturated rings. The van der Waals surface area contributed by atoms with Crippen LogP contribution >= 0.6 is 11.8 Å². The Balaban J connectivity index is 1.96. The first-order chi connectivity index (χ1) is 9.31. The molecular weight excluding hydrogens is 256 g/mol. The van der Waals surface area contributed by atoms with Crippen LogP contribution in [-0.4, -0.2) is 34.7 Å². The third kappa shape index (κ3) is 4.11. The SMILES string of the molecule is Cc1cc(NCCSCCCO)c2ccccc2n1. The van der Waals surface area contributed by atoms with E-state index in [1.54, 1.807) is 0 Å². The van der Waals surface area contributed by atoms with Gasteiger partial charge in [0.1, 0.15) is 0 Å². The van der Waals surface area contributed by atoms with Crippen LogP contribution in [0.3, 0.4) is 0 Å². The van der Waals surface area contributed by atoms with E-state index in [2.05, 4.69) is 22.4 Å². The lowest BCUT2D eigenvalue weighted by Gasteiger charge is -2.10. The normalized spacial score (nSPS) is 10.8. The monoisotopic (exact) mass is 276 g/mol. The van der Waals surface area contributed by atoms with Gasteiger partial charge < -0.3 is 10.4 Å². The number of rotatable bonds is 7. The van der Waals surface area contributed by atoms with Gasteiger partial charge in [-0.3, -0.25) is 4.98 Å². The van der Waals surface area contributed by atoms with Gasteiger partial charge in [0.25, 0.3) is 0 Å². The Morgan fingerprint density at radius 2 is 2.11 bits per heavy atom. The van der Waals surface area contributed by atoms with Crippen molar-refractivity contribution in [3.8, 4) is 0 Å². The molecule has 102 valence electrons. The summed E-state index contributed by atoms with van der Waals surface area (Å²) in [5.74, 6) is 2.07. The predicted octanol–water partition coefficient (Wildman–Crippen LogP) is 3.07. The number of fused-ring (bicyclic) bond motifs is 1. The maximum atomic E-state index is 8.71. The first-order valence-electron chi connectivity index (χ1n) is 6.60. The molecule has 1 heterocycles. The molecule has 2 N–H and O–H groups in total. The number of thioether (sulfide) groups is 1. The molecule has 0 bridgehead atoms. The zero-order chi connectivity index (χ0) is 13.5. The molecule has 1 aromatic carbocycles. The number of aryl methyl sites for hydroxylation is 1. The summed E-state index contributed by atoms with van der Waals surface area (Å²) >= 11 is 1.87. The molecule has 0 saturated carbocycles. The number of para-hydroxylation sites is 1. The summed E-state index contributed by atoms with van der Waals surface area (Å²) in [5, 5.41) is 13.4. The Kier molecular flexibility index (Phi) is 5.48. The highest BCUT2D eigenvalue weighted by atomic mass is 32.2. The highest BCUT2D eigenvalue weighted by Gasteiger charge is 2.02. The molecule has 3 nitrogen and oxygen atoms in total. The van der Waals surface area contributed by atoms with E-state index < -0.39 is 0 Å². The largest absolute Gasteiger partial charge is 0.396 e. The second kappa shape index (κ2) is 7.36. The van der Waals surface area contributed by atoms with Gasteiger partial charge in [0.05, 0.1) is 5.52 Å². The third-order valence-electron chi connectivity index (χ3n) is 2.85. The number of nitrogens with zero attached hydrogens (tertiary/aromatic N) is 1. The Bertz CT molecular complexity index is 531. The zero-order valence-corrected chi connectivity index (χ0v) is 12.0. The van der Waals surface area contributed by atoms with Crippen molar-refractivity contribution in [1.29, 1.82) is 0 Å². The number of benzene rings is 1. The van der Waals surface area contributed by atoms with Gasteiger partial charge in [-0.25, -0.2) is 0 Å². The van der Waals surface area contributed by atoms with Crippen molar-refractivity contribution in [1.82, 2.24) is 4.98 Å². The lowest BCUT2D eigenvalue weighted by Crippen LogP contribution is -2.06. The fraction of sp³-hybridized carbons (Fsp3) is 0.400. The predicted molar refractivity (Wildman–Crippen MR) is 84.0 cm³/mol. The van der Waals surface area contributed by atoms with Crippen LogP contribution in [-0.2, 0) is 0 Å². The lowest BCUT2D eigenvalue weighted by molar-refractivity contribution is 0.296. The number of aliphatic hydroxyl groups is 1. The Morgan fingerprint density at radius 1 is 1.26 bits per heavy atom. The van der Waals surface area contributed by atoms with Crippen molar-refractivity contribution < 1.29 is 5.11 Å². The number of pyridine rings is 1. The van der Waals surface area contributed by atoms with Crippen LogP contribution in [0.2, 0.25) is 0 Å².